The van der Waals surface area contributed by atoms with Crippen LogP contribution in [-0.2, 0) is 4.74 Å². The molecule has 0 saturated carbocycles. The molecular weight excluding hydrogens is 394 g/mol. The van der Waals surface area contributed by atoms with Crippen LogP contribution in [-0.4, -0.2) is 54.7 Å². The largest absolute Gasteiger partial charge is 0.378 e. The van der Waals surface area contributed by atoms with Gasteiger partial charge in [-0.2, -0.15) is 5.26 Å². The molecule has 2 aliphatic heterocycles. The van der Waals surface area contributed by atoms with Crippen LogP contribution in [0.3, 0.4) is 0 Å². The van der Waals surface area contributed by atoms with Gasteiger partial charge in [-0.25, -0.2) is 4.79 Å². The number of benzene rings is 1. The Labute approximate surface area is 175 Å². The molecule has 1 aromatic rings. The Hall–Kier alpha value is -1.68. The van der Waals surface area contributed by atoms with E-state index in [1.165, 1.54) is 11.0 Å². The molecule has 0 N–H and O–H groups in total. The monoisotopic (exact) mass is 419 g/mol. The van der Waals surface area contributed by atoms with Crippen LogP contribution in [0, 0.1) is 11.3 Å². The van der Waals surface area contributed by atoms with Crippen LogP contribution in [0.2, 0.25) is 0 Å². The molecule has 2 amide bonds. The summed E-state index contributed by atoms with van der Waals surface area (Å²) < 4.78 is 5.67. The molecule has 0 unspecified atom stereocenters. The summed E-state index contributed by atoms with van der Waals surface area (Å²) in [6.07, 6.45) is 3.60. The zero-order chi connectivity index (χ0) is 19.9. The number of hydrogen-bond acceptors (Lipinski definition) is 4. The lowest BCUT2D eigenvalue weighted by Gasteiger charge is -2.37. The minimum atomic E-state index is 0.121. The minimum absolute atomic E-state index is 0.121. The first kappa shape index (κ1) is 21.0. The highest BCUT2D eigenvalue weighted by molar-refractivity contribution is 8.21. The summed E-state index contributed by atoms with van der Waals surface area (Å²) in [5.74, 6) is 0. The van der Waals surface area contributed by atoms with Crippen molar-refractivity contribution in [3.05, 3.63) is 35.4 Å². The Morgan fingerprint density at radius 1 is 1.18 bits per heavy atom. The molecule has 2 aliphatic rings. The number of hydrogen-bond donors (Lipinski definition) is 0. The number of urea groups is 1. The molecule has 150 valence electrons. The third-order valence-corrected chi connectivity index (χ3v) is 6.43. The second-order valence-corrected chi connectivity index (χ2v) is 8.19. The minimum Gasteiger partial charge on any atom is -0.378 e. The third-order valence-electron chi connectivity index (χ3n) is 5.45. The van der Waals surface area contributed by atoms with E-state index in [0.29, 0.717) is 13.1 Å². The maximum absolute atomic E-state index is 12.8. The van der Waals surface area contributed by atoms with Crippen molar-refractivity contribution in [2.24, 2.45) is 0 Å². The first-order valence-corrected chi connectivity index (χ1v) is 11.5. The van der Waals surface area contributed by atoms with E-state index in [4.69, 9.17) is 15.4 Å². The number of halogens is 1. The van der Waals surface area contributed by atoms with Crippen molar-refractivity contribution in [2.45, 2.75) is 43.6 Å². The Morgan fingerprint density at radius 3 is 2.32 bits per heavy atom. The van der Waals surface area contributed by atoms with Crippen LogP contribution in [0.4, 0.5) is 4.79 Å². The van der Waals surface area contributed by atoms with Crippen LogP contribution < -0.4 is 0 Å². The van der Waals surface area contributed by atoms with Gasteiger partial charge in [0.1, 0.15) is 0 Å². The number of ether oxygens (including phenoxy) is 1. The number of piperidine rings is 2. The Morgan fingerprint density at radius 2 is 1.79 bits per heavy atom. The first-order chi connectivity index (χ1) is 13.7. The summed E-state index contributed by atoms with van der Waals surface area (Å²) in [6.45, 7) is 5.60. The summed E-state index contributed by atoms with van der Waals surface area (Å²) in [6, 6.07) is 10.2. The van der Waals surface area contributed by atoms with Gasteiger partial charge in [0.2, 0.25) is 0 Å². The van der Waals surface area contributed by atoms with Gasteiger partial charge in [0, 0.05) is 37.7 Å². The molecule has 0 bridgehead atoms. The van der Waals surface area contributed by atoms with E-state index in [1.807, 2.05) is 41.0 Å². The average Bonchev–Trinajstić information content (AvgIpc) is 2.75. The zero-order valence-corrected chi connectivity index (χ0v) is 17.8. The molecule has 2 fully saturated rings. The van der Waals surface area contributed by atoms with Gasteiger partial charge in [0.25, 0.3) is 0 Å². The summed E-state index contributed by atoms with van der Waals surface area (Å²) >= 11 is 0. The molecule has 0 aliphatic carbocycles. The highest BCUT2D eigenvalue weighted by Gasteiger charge is 2.28. The summed E-state index contributed by atoms with van der Waals surface area (Å²) in [4.78, 5) is 17.6. The van der Waals surface area contributed by atoms with Crippen LogP contribution >= 0.6 is 21.7 Å². The van der Waals surface area contributed by atoms with Crippen LogP contribution in [0.1, 0.15) is 38.2 Å². The van der Waals surface area contributed by atoms with Crippen LogP contribution in [0.15, 0.2) is 34.7 Å². The predicted molar refractivity (Wildman–Crippen MR) is 113 cm³/mol. The van der Waals surface area contributed by atoms with E-state index in [1.54, 1.807) is 0 Å². The quantitative estimate of drug-likeness (QED) is 0.649. The van der Waals surface area contributed by atoms with Crippen LogP contribution in [0.5, 0.6) is 0 Å². The van der Waals surface area contributed by atoms with E-state index >= 15 is 0 Å². The normalized spacial score (nSPS) is 18.1. The van der Waals surface area contributed by atoms with Gasteiger partial charge >= 0.3 is 6.03 Å². The Balaban J connectivity index is 1.59. The standard InChI is InChI=1S/C21H26ClN3O2S/c1-2-27-18-9-13-25(14-10-18)21(26)24-11-7-17(8-12-24)20(15-23)16-3-5-19(28-22)6-4-16/h3-6,18H,2,7-14H2,1H3. The molecule has 1 aromatic carbocycles. The highest BCUT2D eigenvalue weighted by Crippen LogP contribution is 2.29. The first-order valence-electron chi connectivity index (χ1n) is 9.82. The molecule has 0 atom stereocenters. The van der Waals surface area contributed by atoms with E-state index < -0.39 is 0 Å². The molecule has 3 rings (SSSR count). The predicted octanol–water partition coefficient (Wildman–Crippen LogP) is 4.93. The molecule has 28 heavy (non-hydrogen) atoms. The SMILES string of the molecule is CCOC1CCN(C(=O)N2CCC(=C(C#N)c3ccc(SCl)cc3)CC2)CC1. The molecule has 2 saturated heterocycles. The summed E-state index contributed by atoms with van der Waals surface area (Å²) in [5.41, 5.74) is 2.79. The van der Waals surface area contributed by atoms with Crippen molar-refractivity contribution in [1.82, 2.24) is 9.80 Å². The highest BCUT2D eigenvalue weighted by atomic mass is 35.7. The van der Waals surface area contributed by atoms with Crippen LogP contribution in [0.25, 0.3) is 5.57 Å². The molecular formula is C21H26ClN3O2S. The molecule has 0 spiro atoms. The number of amides is 2. The van der Waals surface area contributed by atoms with E-state index in [9.17, 15) is 10.1 Å². The number of allylic oxidation sites excluding steroid dienone is 1. The molecule has 7 heteroatoms. The number of likely N-dealkylation sites (tertiary alicyclic amines) is 2. The lowest BCUT2D eigenvalue weighted by Crippen LogP contribution is -2.49. The van der Waals surface area contributed by atoms with Crippen molar-refractivity contribution < 1.29 is 9.53 Å². The number of carbonyl (C=O) groups excluding carboxylic acids is 1. The number of nitrogens with zero attached hydrogens (tertiary/aromatic N) is 3. The van der Waals surface area contributed by atoms with Gasteiger partial charge in [-0.3, -0.25) is 0 Å². The molecule has 2 heterocycles. The zero-order valence-electron chi connectivity index (χ0n) is 16.2. The van der Waals surface area contributed by atoms with Crippen molar-refractivity contribution in [1.29, 1.82) is 5.26 Å². The lowest BCUT2D eigenvalue weighted by atomic mass is 9.94. The van der Waals surface area contributed by atoms with Gasteiger partial charge < -0.3 is 14.5 Å². The summed E-state index contributed by atoms with van der Waals surface area (Å²) in [7, 11) is 6.93. The van der Waals surface area contributed by atoms with Crippen molar-refractivity contribution >= 4 is 33.3 Å². The second kappa shape index (κ2) is 10.2. The second-order valence-electron chi connectivity index (χ2n) is 7.10. The Kier molecular flexibility index (Phi) is 7.66. The lowest BCUT2D eigenvalue weighted by molar-refractivity contribution is 0.0182. The van der Waals surface area contributed by atoms with Gasteiger partial charge in [-0.05, 0) is 77.5 Å². The molecule has 0 aromatic heterocycles. The maximum atomic E-state index is 12.8. The van der Waals surface area contributed by atoms with Gasteiger partial charge in [0.15, 0.2) is 0 Å². The van der Waals surface area contributed by atoms with E-state index in [2.05, 4.69) is 6.07 Å². The van der Waals surface area contributed by atoms with E-state index in [-0.39, 0.29) is 12.1 Å². The third kappa shape index (κ3) is 5.02. The van der Waals surface area contributed by atoms with E-state index in [0.717, 1.165) is 67.0 Å². The molecule has 0 radical (unpaired) electrons. The molecule has 5 nitrogen and oxygen atoms in total. The fourth-order valence-corrected chi connectivity index (χ4v) is 4.44. The summed E-state index contributed by atoms with van der Waals surface area (Å²) in [5, 5.41) is 9.67. The number of rotatable bonds is 4. The number of carbonyl (C=O) groups is 1. The fraction of sp³-hybridized carbons (Fsp3) is 0.524. The Bertz CT molecular complexity index is 742. The maximum Gasteiger partial charge on any atom is 0.320 e. The van der Waals surface area contributed by atoms with Crippen molar-refractivity contribution in [3.63, 3.8) is 0 Å². The van der Waals surface area contributed by atoms with Crippen molar-refractivity contribution in [2.75, 3.05) is 32.8 Å². The number of nitriles is 1. The van der Waals surface area contributed by atoms with Gasteiger partial charge in [0.05, 0.1) is 17.7 Å². The topological polar surface area (TPSA) is 56.6 Å². The van der Waals surface area contributed by atoms with Gasteiger partial charge in [-0.15, -0.1) is 0 Å². The fourth-order valence-electron chi connectivity index (χ4n) is 3.89. The average molecular weight is 420 g/mol. The van der Waals surface area contributed by atoms with Crippen molar-refractivity contribution in [3.8, 4) is 6.07 Å². The smallest absolute Gasteiger partial charge is 0.320 e. The van der Waals surface area contributed by atoms with Gasteiger partial charge in [-0.1, -0.05) is 12.1 Å².